The molecule has 1 atom stereocenters. The first-order valence-corrected chi connectivity index (χ1v) is 9.90. The molecular weight excluding hydrogens is 368 g/mol. The van der Waals surface area contributed by atoms with Crippen LogP contribution in [0, 0.1) is 13.8 Å². The van der Waals surface area contributed by atoms with Gasteiger partial charge in [-0.25, -0.2) is 0 Å². The third-order valence-corrected chi connectivity index (χ3v) is 5.47. The van der Waals surface area contributed by atoms with Crippen molar-refractivity contribution < 1.29 is 13.9 Å². The molecule has 2 heterocycles. The van der Waals surface area contributed by atoms with Gasteiger partial charge in [0.05, 0.1) is 18.7 Å². The smallest absolute Gasteiger partial charge is 0.249 e. The molecule has 7 heteroatoms. The lowest BCUT2D eigenvalue weighted by Gasteiger charge is -2.16. The summed E-state index contributed by atoms with van der Waals surface area (Å²) in [5.74, 6) is 2.41. The third-order valence-electron chi connectivity index (χ3n) is 5.47. The van der Waals surface area contributed by atoms with E-state index in [1.807, 2.05) is 55.7 Å². The van der Waals surface area contributed by atoms with E-state index in [0.717, 1.165) is 47.0 Å². The molecule has 4 rings (SSSR count). The summed E-state index contributed by atoms with van der Waals surface area (Å²) in [6, 6.07) is 9.61. The summed E-state index contributed by atoms with van der Waals surface area (Å²) in [4.78, 5) is 12.7. The number of amides is 1. The summed E-state index contributed by atoms with van der Waals surface area (Å²) < 4.78 is 13.0. The van der Waals surface area contributed by atoms with Crippen LogP contribution >= 0.6 is 0 Å². The van der Waals surface area contributed by atoms with Gasteiger partial charge in [0, 0.05) is 17.3 Å². The second kappa shape index (κ2) is 7.73. The van der Waals surface area contributed by atoms with Gasteiger partial charge < -0.3 is 19.0 Å². The summed E-state index contributed by atoms with van der Waals surface area (Å²) >= 11 is 0. The van der Waals surface area contributed by atoms with E-state index >= 15 is 0 Å². The Labute approximate surface area is 170 Å². The van der Waals surface area contributed by atoms with Gasteiger partial charge >= 0.3 is 0 Å². The number of rotatable bonds is 7. The van der Waals surface area contributed by atoms with E-state index in [1.165, 1.54) is 0 Å². The fourth-order valence-electron chi connectivity index (χ4n) is 3.51. The molecule has 0 radical (unpaired) electrons. The Morgan fingerprint density at radius 1 is 1.28 bits per heavy atom. The summed E-state index contributed by atoms with van der Waals surface area (Å²) in [7, 11) is 1.64. The molecule has 1 fully saturated rings. The van der Waals surface area contributed by atoms with E-state index in [1.54, 1.807) is 7.11 Å². The Balaban J connectivity index is 1.45. The maximum absolute atomic E-state index is 12.7. The van der Waals surface area contributed by atoms with Crippen molar-refractivity contribution in [3.63, 3.8) is 0 Å². The molecule has 0 aliphatic heterocycles. The molecular formula is C22H26N4O3. The number of carbonyl (C=O) groups excluding carboxylic acids is 1. The molecule has 1 aliphatic carbocycles. The van der Waals surface area contributed by atoms with Crippen LogP contribution < -0.4 is 10.1 Å². The summed E-state index contributed by atoms with van der Waals surface area (Å²) in [6.45, 7) is 6.17. The second-order valence-electron chi connectivity index (χ2n) is 7.65. The highest BCUT2D eigenvalue weighted by atomic mass is 16.5. The largest absolute Gasteiger partial charge is 0.497 e. The van der Waals surface area contributed by atoms with E-state index in [2.05, 4.69) is 15.5 Å². The number of hydrogen-bond donors (Lipinski definition) is 1. The molecule has 0 saturated heterocycles. The molecule has 0 spiro atoms. The number of aromatic nitrogens is 3. The number of ether oxygens (including phenoxy) is 1. The van der Waals surface area contributed by atoms with E-state index < -0.39 is 0 Å². The number of benzene rings is 1. The Morgan fingerprint density at radius 3 is 2.66 bits per heavy atom. The van der Waals surface area contributed by atoms with Gasteiger partial charge in [0.15, 0.2) is 0 Å². The van der Waals surface area contributed by atoms with Gasteiger partial charge in [0.25, 0.3) is 0 Å². The molecule has 1 amide bonds. The third kappa shape index (κ3) is 4.04. The maximum Gasteiger partial charge on any atom is 0.249 e. The highest BCUT2D eigenvalue weighted by molar-refractivity contribution is 5.77. The number of hydrogen-bond acceptors (Lipinski definition) is 5. The van der Waals surface area contributed by atoms with Crippen molar-refractivity contribution in [3.05, 3.63) is 53.2 Å². The number of nitrogens with zero attached hydrogens (tertiary/aromatic N) is 3. The van der Waals surface area contributed by atoms with Crippen LogP contribution in [-0.4, -0.2) is 27.8 Å². The highest BCUT2D eigenvalue weighted by Gasteiger charge is 2.30. The van der Waals surface area contributed by atoms with Gasteiger partial charge in [-0.15, -0.1) is 10.2 Å². The van der Waals surface area contributed by atoms with E-state index in [4.69, 9.17) is 9.15 Å². The zero-order valence-corrected chi connectivity index (χ0v) is 17.2. The molecule has 7 nitrogen and oxygen atoms in total. The minimum atomic E-state index is -0.0962. The lowest BCUT2D eigenvalue weighted by atomic mass is 10.1. The fourth-order valence-corrected chi connectivity index (χ4v) is 3.51. The first-order valence-electron chi connectivity index (χ1n) is 9.90. The number of nitrogens with one attached hydrogen (secondary N) is 1. The molecule has 1 saturated carbocycles. The van der Waals surface area contributed by atoms with Crippen LogP contribution in [0.15, 0.2) is 34.7 Å². The molecule has 0 bridgehead atoms. The molecule has 1 aromatic carbocycles. The van der Waals surface area contributed by atoms with Gasteiger partial charge in [0.1, 0.15) is 12.3 Å². The van der Waals surface area contributed by atoms with Crippen LogP contribution in [0.1, 0.15) is 54.6 Å². The van der Waals surface area contributed by atoms with Crippen molar-refractivity contribution in [3.8, 4) is 17.2 Å². The zero-order chi connectivity index (χ0) is 20.5. The molecule has 29 heavy (non-hydrogen) atoms. The summed E-state index contributed by atoms with van der Waals surface area (Å²) in [5, 5.41) is 11.4. The van der Waals surface area contributed by atoms with Gasteiger partial charge in [-0.3, -0.25) is 4.79 Å². The van der Waals surface area contributed by atoms with Crippen LogP contribution in [0.4, 0.5) is 0 Å². The quantitative estimate of drug-likeness (QED) is 0.657. The molecule has 152 valence electrons. The first-order chi connectivity index (χ1) is 14.0. The van der Waals surface area contributed by atoms with Crippen LogP contribution in [0.25, 0.3) is 11.5 Å². The molecule has 3 aromatic rings. The van der Waals surface area contributed by atoms with Crippen LogP contribution in [-0.2, 0) is 11.3 Å². The van der Waals surface area contributed by atoms with Crippen LogP contribution in [0.3, 0.4) is 0 Å². The van der Waals surface area contributed by atoms with E-state index in [-0.39, 0.29) is 18.5 Å². The molecule has 1 N–H and O–H groups in total. The predicted molar refractivity (Wildman–Crippen MR) is 109 cm³/mol. The normalized spacial score (nSPS) is 14.6. The van der Waals surface area contributed by atoms with Crippen molar-refractivity contribution in [1.29, 1.82) is 0 Å². The van der Waals surface area contributed by atoms with Crippen molar-refractivity contribution in [2.45, 2.75) is 52.1 Å². The van der Waals surface area contributed by atoms with Crippen LogP contribution in [0.2, 0.25) is 0 Å². The second-order valence-corrected chi connectivity index (χ2v) is 7.65. The van der Waals surface area contributed by atoms with Crippen molar-refractivity contribution >= 4 is 5.91 Å². The fraction of sp³-hybridized carbons (Fsp3) is 0.409. The summed E-state index contributed by atoms with van der Waals surface area (Å²) in [6.07, 6.45) is 2.24. The topological polar surface area (TPSA) is 82.2 Å². The van der Waals surface area contributed by atoms with Gasteiger partial charge in [-0.1, -0.05) is 12.1 Å². The lowest BCUT2D eigenvalue weighted by molar-refractivity contribution is -0.122. The van der Waals surface area contributed by atoms with E-state index in [9.17, 15) is 4.79 Å². The first kappa shape index (κ1) is 19.2. The molecule has 1 aliphatic rings. The maximum atomic E-state index is 12.7. The molecule has 0 unspecified atom stereocenters. The zero-order valence-electron chi connectivity index (χ0n) is 17.2. The van der Waals surface area contributed by atoms with Crippen LogP contribution in [0.5, 0.6) is 5.75 Å². The van der Waals surface area contributed by atoms with Crippen molar-refractivity contribution in [1.82, 2.24) is 20.1 Å². The molecule has 2 aromatic heterocycles. The highest BCUT2D eigenvalue weighted by Crippen LogP contribution is 2.40. The lowest BCUT2D eigenvalue weighted by Crippen LogP contribution is -2.30. The van der Waals surface area contributed by atoms with Gasteiger partial charge in [-0.05, 0) is 57.4 Å². The van der Waals surface area contributed by atoms with Gasteiger partial charge in [0.2, 0.25) is 17.7 Å². The average molecular weight is 394 g/mol. The van der Waals surface area contributed by atoms with Crippen molar-refractivity contribution in [2.75, 3.05) is 7.11 Å². The predicted octanol–water partition coefficient (Wildman–Crippen LogP) is 3.92. The number of methoxy groups -OCH3 is 1. The Kier molecular flexibility index (Phi) is 5.13. The SMILES string of the molecule is COc1ccc([C@@H](C)NC(=O)Cn2c(C)cc(-c3nnc(C4CC4)o3)c2C)cc1. The number of aryl methyl sites for hydroxylation is 1. The van der Waals surface area contributed by atoms with E-state index in [0.29, 0.717) is 11.8 Å². The standard InChI is InChI=1S/C22H26N4O3/c1-13-11-19(22-25-24-21(29-22)17-5-6-17)15(3)26(13)12-20(27)23-14(2)16-7-9-18(28-4)10-8-16/h7-11,14,17H,5-6,12H2,1-4H3,(H,23,27)/t14-/m1/s1. The van der Waals surface area contributed by atoms with Gasteiger partial charge in [-0.2, -0.15) is 0 Å². The monoisotopic (exact) mass is 394 g/mol. The summed E-state index contributed by atoms with van der Waals surface area (Å²) in [5.41, 5.74) is 3.84. The van der Waals surface area contributed by atoms with Crippen molar-refractivity contribution in [2.24, 2.45) is 0 Å². The minimum absolute atomic E-state index is 0.0501. The average Bonchev–Trinajstić information content (AvgIpc) is 3.39. The Hall–Kier alpha value is -3.09. The minimum Gasteiger partial charge on any atom is -0.497 e. The Bertz CT molecular complexity index is 1020. The Morgan fingerprint density at radius 2 is 2.00 bits per heavy atom. The number of carbonyl (C=O) groups is 1.